The fourth-order valence-corrected chi connectivity index (χ4v) is 1.66. The van der Waals surface area contributed by atoms with Gasteiger partial charge in [0.1, 0.15) is 0 Å². The molecule has 0 aromatic heterocycles. The van der Waals surface area contributed by atoms with Crippen molar-refractivity contribution in [3.05, 3.63) is 0 Å². The standard InChI is InChI=1S/C11H23NO/c12-8-2-1-3-9-13-10-7-11-5-4-6-11/h11H,1-10,12H2. The first-order valence-electron chi connectivity index (χ1n) is 5.71. The zero-order valence-electron chi connectivity index (χ0n) is 8.63. The van der Waals surface area contributed by atoms with Crippen molar-refractivity contribution in [3.8, 4) is 0 Å². The quantitative estimate of drug-likeness (QED) is 0.589. The minimum Gasteiger partial charge on any atom is -0.381 e. The van der Waals surface area contributed by atoms with E-state index in [1.165, 1.54) is 38.5 Å². The highest BCUT2D eigenvalue weighted by Gasteiger charge is 2.16. The van der Waals surface area contributed by atoms with Gasteiger partial charge in [0.2, 0.25) is 0 Å². The lowest BCUT2D eigenvalue weighted by atomic mass is 9.83. The monoisotopic (exact) mass is 185 g/mol. The summed E-state index contributed by atoms with van der Waals surface area (Å²) in [5, 5.41) is 0. The number of rotatable bonds is 8. The molecular weight excluding hydrogens is 162 g/mol. The van der Waals surface area contributed by atoms with Crippen molar-refractivity contribution in [3.63, 3.8) is 0 Å². The van der Waals surface area contributed by atoms with Gasteiger partial charge in [0.15, 0.2) is 0 Å². The average molecular weight is 185 g/mol. The molecule has 1 rings (SSSR count). The van der Waals surface area contributed by atoms with Crippen LogP contribution in [0.15, 0.2) is 0 Å². The lowest BCUT2D eigenvalue weighted by molar-refractivity contribution is 0.103. The number of hydrogen-bond acceptors (Lipinski definition) is 2. The Balaban J connectivity index is 1.68. The summed E-state index contributed by atoms with van der Waals surface area (Å²) in [7, 11) is 0. The van der Waals surface area contributed by atoms with Crippen molar-refractivity contribution < 1.29 is 4.74 Å². The molecule has 0 radical (unpaired) electrons. The smallest absolute Gasteiger partial charge is 0.0468 e. The van der Waals surface area contributed by atoms with E-state index in [0.717, 1.165) is 32.1 Å². The molecule has 0 aromatic carbocycles. The zero-order chi connectivity index (χ0) is 9.36. The van der Waals surface area contributed by atoms with Gasteiger partial charge in [-0.2, -0.15) is 0 Å². The highest BCUT2D eigenvalue weighted by Crippen LogP contribution is 2.29. The molecule has 0 amide bonds. The van der Waals surface area contributed by atoms with Crippen molar-refractivity contribution >= 4 is 0 Å². The van der Waals surface area contributed by atoms with E-state index in [9.17, 15) is 0 Å². The lowest BCUT2D eigenvalue weighted by Gasteiger charge is -2.24. The number of unbranched alkanes of at least 4 members (excludes halogenated alkanes) is 2. The van der Waals surface area contributed by atoms with E-state index in [2.05, 4.69) is 0 Å². The van der Waals surface area contributed by atoms with E-state index in [0.29, 0.717) is 0 Å². The molecular formula is C11H23NO. The molecule has 2 heteroatoms. The predicted octanol–water partition coefficient (Wildman–Crippen LogP) is 2.32. The Bertz CT molecular complexity index is 113. The zero-order valence-corrected chi connectivity index (χ0v) is 8.63. The van der Waals surface area contributed by atoms with Gasteiger partial charge in [-0.15, -0.1) is 0 Å². The Morgan fingerprint density at radius 2 is 1.92 bits per heavy atom. The minimum absolute atomic E-state index is 0.822. The largest absolute Gasteiger partial charge is 0.381 e. The molecule has 1 saturated carbocycles. The van der Waals surface area contributed by atoms with Crippen LogP contribution in [-0.2, 0) is 4.74 Å². The van der Waals surface area contributed by atoms with E-state index in [1.54, 1.807) is 0 Å². The predicted molar refractivity (Wildman–Crippen MR) is 55.7 cm³/mol. The Morgan fingerprint density at radius 3 is 2.54 bits per heavy atom. The van der Waals surface area contributed by atoms with Crippen LogP contribution < -0.4 is 5.73 Å². The molecule has 0 aliphatic heterocycles. The van der Waals surface area contributed by atoms with Gasteiger partial charge in [0, 0.05) is 13.2 Å². The molecule has 1 fully saturated rings. The highest BCUT2D eigenvalue weighted by atomic mass is 16.5. The van der Waals surface area contributed by atoms with Gasteiger partial charge in [-0.25, -0.2) is 0 Å². The third kappa shape index (κ3) is 5.27. The molecule has 13 heavy (non-hydrogen) atoms. The van der Waals surface area contributed by atoms with Crippen LogP contribution in [0, 0.1) is 5.92 Å². The maximum atomic E-state index is 5.55. The molecule has 0 heterocycles. The van der Waals surface area contributed by atoms with Gasteiger partial charge in [-0.1, -0.05) is 19.3 Å². The van der Waals surface area contributed by atoms with E-state index in [4.69, 9.17) is 10.5 Å². The Hall–Kier alpha value is -0.0800. The third-order valence-corrected chi connectivity index (χ3v) is 2.89. The molecule has 78 valence electrons. The molecule has 1 aliphatic rings. The number of ether oxygens (including phenoxy) is 1. The summed E-state index contributed by atoms with van der Waals surface area (Å²) >= 11 is 0. The summed E-state index contributed by atoms with van der Waals surface area (Å²) in [5.74, 6) is 0.990. The van der Waals surface area contributed by atoms with Crippen LogP contribution in [0.2, 0.25) is 0 Å². The topological polar surface area (TPSA) is 35.2 Å². The molecule has 0 unspecified atom stereocenters. The average Bonchev–Trinajstić information content (AvgIpc) is 2.07. The van der Waals surface area contributed by atoms with Crippen molar-refractivity contribution in [1.82, 2.24) is 0 Å². The second-order valence-electron chi connectivity index (χ2n) is 4.05. The van der Waals surface area contributed by atoms with Crippen LogP contribution in [0.3, 0.4) is 0 Å². The lowest BCUT2D eigenvalue weighted by Crippen LogP contribution is -2.13. The second kappa shape index (κ2) is 7.34. The molecule has 0 atom stereocenters. The maximum absolute atomic E-state index is 5.55. The van der Waals surface area contributed by atoms with Crippen molar-refractivity contribution in [1.29, 1.82) is 0 Å². The SMILES string of the molecule is NCCCCCOCCC1CCC1. The fourth-order valence-electron chi connectivity index (χ4n) is 1.66. The van der Waals surface area contributed by atoms with E-state index < -0.39 is 0 Å². The van der Waals surface area contributed by atoms with Crippen LogP contribution in [0.1, 0.15) is 44.9 Å². The van der Waals surface area contributed by atoms with Gasteiger partial charge < -0.3 is 10.5 Å². The molecule has 0 spiro atoms. The fraction of sp³-hybridized carbons (Fsp3) is 1.00. The first-order valence-corrected chi connectivity index (χ1v) is 5.71. The third-order valence-electron chi connectivity index (χ3n) is 2.89. The van der Waals surface area contributed by atoms with Crippen molar-refractivity contribution in [2.45, 2.75) is 44.9 Å². The van der Waals surface area contributed by atoms with Crippen LogP contribution in [0.5, 0.6) is 0 Å². The van der Waals surface area contributed by atoms with Crippen molar-refractivity contribution in [2.75, 3.05) is 19.8 Å². The summed E-state index contributed by atoms with van der Waals surface area (Å²) in [6.45, 7) is 2.74. The van der Waals surface area contributed by atoms with Crippen molar-refractivity contribution in [2.24, 2.45) is 11.7 Å². The van der Waals surface area contributed by atoms with E-state index in [1.807, 2.05) is 0 Å². The molecule has 2 N–H and O–H groups in total. The summed E-state index contributed by atoms with van der Waals surface area (Å²) in [4.78, 5) is 0. The highest BCUT2D eigenvalue weighted by molar-refractivity contribution is 4.68. The first-order chi connectivity index (χ1) is 6.43. The van der Waals surface area contributed by atoms with Gasteiger partial charge in [0.05, 0.1) is 0 Å². The van der Waals surface area contributed by atoms with E-state index in [-0.39, 0.29) is 0 Å². The molecule has 0 bridgehead atoms. The summed E-state index contributed by atoms with van der Waals surface area (Å²) in [5.41, 5.74) is 5.39. The van der Waals surface area contributed by atoms with Gasteiger partial charge >= 0.3 is 0 Å². The van der Waals surface area contributed by atoms with E-state index >= 15 is 0 Å². The summed E-state index contributed by atoms with van der Waals surface area (Å²) < 4.78 is 5.55. The van der Waals surface area contributed by atoms with Gasteiger partial charge in [0.25, 0.3) is 0 Å². The number of nitrogens with two attached hydrogens (primary N) is 1. The van der Waals surface area contributed by atoms with Crippen LogP contribution >= 0.6 is 0 Å². The molecule has 2 nitrogen and oxygen atoms in total. The Labute approximate surface area is 81.8 Å². The van der Waals surface area contributed by atoms with Crippen LogP contribution in [0.25, 0.3) is 0 Å². The molecule has 0 saturated heterocycles. The first kappa shape index (κ1) is 11.0. The second-order valence-corrected chi connectivity index (χ2v) is 4.05. The normalized spacial score (nSPS) is 17.3. The summed E-state index contributed by atoms with van der Waals surface area (Å²) in [6, 6.07) is 0. The summed E-state index contributed by atoms with van der Waals surface area (Å²) in [6.07, 6.45) is 9.17. The van der Waals surface area contributed by atoms with Crippen LogP contribution in [-0.4, -0.2) is 19.8 Å². The number of hydrogen-bond donors (Lipinski definition) is 1. The molecule has 1 aliphatic carbocycles. The maximum Gasteiger partial charge on any atom is 0.0468 e. The van der Waals surface area contributed by atoms with Gasteiger partial charge in [-0.05, 0) is 38.1 Å². The van der Waals surface area contributed by atoms with Crippen LogP contribution in [0.4, 0.5) is 0 Å². The Kier molecular flexibility index (Phi) is 6.21. The molecule has 0 aromatic rings. The van der Waals surface area contributed by atoms with Gasteiger partial charge in [-0.3, -0.25) is 0 Å². The minimum atomic E-state index is 0.822. The Morgan fingerprint density at radius 1 is 1.08 bits per heavy atom.